The third kappa shape index (κ3) is 4.28. The maximum absolute atomic E-state index is 5.20. The number of aryl methyl sites for hydroxylation is 1. The minimum Gasteiger partial charge on any atom is -0.424 e. The van der Waals surface area contributed by atoms with Gasteiger partial charge >= 0.3 is 0 Å². The summed E-state index contributed by atoms with van der Waals surface area (Å²) in [6.07, 6.45) is 3.29. The molecule has 0 atom stereocenters. The number of thioether (sulfide) groups is 1. The fraction of sp³-hybridized carbons (Fsp3) is 0.750. The Labute approximate surface area is 82.5 Å². The Morgan fingerprint density at radius 1 is 1.46 bits per heavy atom. The van der Waals surface area contributed by atoms with E-state index in [-0.39, 0.29) is 0 Å². The first kappa shape index (κ1) is 10.5. The molecule has 0 spiro atoms. The quantitative estimate of drug-likeness (QED) is 0.701. The van der Waals surface area contributed by atoms with E-state index >= 15 is 0 Å². The highest BCUT2D eigenvalue weighted by atomic mass is 32.2. The molecule has 1 heterocycles. The van der Waals surface area contributed by atoms with Crippen molar-refractivity contribution >= 4 is 11.8 Å². The van der Waals surface area contributed by atoms with Crippen molar-refractivity contribution in [3.63, 3.8) is 0 Å². The zero-order valence-corrected chi connectivity index (χ0v) is 8.86. The highest BCUT2D eigenvalue weighted by Gasteiger charge is 1.99. The highest BCUT2D eigenvalue weighted by Crippen LogP contribution is 1.97. The van der Waals surface area contributed by atoms with E-state index in [0.717, 1.165) is 6.54 Å². The lowest BCUT2D eigenvalue weighted by Crippen LogP contribution is -2.15. The van der Waals surface area contributed by atoms with E-state index in [0.29, 0.717) is 18.3 Å². The predicted octanol–water partition coefficient (Wildman–Crippen LogP) is 1.22. The number of aromatic nitrogens is 2. The minimum absolute atomic E-state index is 0.626. The summed E-state index contributed by atoms with van der Waals surface area (Å²) in [5.41, 5.74) is 0. The van der Waals surface area contributed by atoms with Gasteiger partial charge in [0.05, 0.1) is 6.54 Å². The number of hydrogen-bond donors (Lipinski definition) is 1. The minimum atomic E-state index is 0.626. The largest absolute Gasteiger partial charge is 0.424 e. The monoisotopic (exact) mass is 201 g/mol. The van der Waals surface area contributed by atoms with Gasteiger partial charge in [0.2, 0.25) is 11.8 Å². The molecule has 5 heteroatoms. The van der Waals surface area contributed by atoms with Crippen LogP contribution < -0.4 is 5.32 Å². The third-order valence-electron chi connectivity index (χ3n) is 1.55. The molecule has 0 aliphatic heterocycles. The van der Waals surface area contributed by atoms with Crippen molar-refractivity contribution in [3.8, 4) is 0 Å². The Morgan fingerprint density at radius 2 is 2.31 bits per heavy atom. The lowest BCUT2D eigenvalue weighted by Gasteiger charge is -1.99. The number of rotatable bonds is 6. The Bertz CT molecular complexity index is 239. The molecule has 0 unspecified atom stereocenters. The van der Waals surface area contributed by atoms with Crippen molar-refractivity contribution < 1.29 is 4.42 Å². The summed E-state index contributed by atoms with van der Waals surface area (Å²) in [7, 11) is 0. The predicted molar refractivity (Wildman–Crippen MR) is 53.7 cm³/mol. The number of hydrogen-bond acceptors (Lipinski definition) is 5. The zero-order chi connectivity index (χ0) is 9.52. The second kappa shape index (κ2) is 5.99. The van der Waals surface area contributed by atoms with Gasteiger partial charge in [-0.15, -0.1) is 10.2 Å². The molecule has 0 bridgehead atoms. The Kier molecular flexibility index (Phi) is 4.85. The van der Waals surface area contributed by atoms with Crippen LogP contribution in [0.4, 0.5) is 0 Å². The van der Waals surface area contributed by atoms with Crippen molar-refractivity contribution in [1.29, 1.82) is 0 Å². The third-order valence-corrected chi connectivity index (χ3v) is 2.24. The molecule has 74 valence electrons. The van der Waals surface area contributed by atoms with Crippen molar-refractivity contribution in [3.05, 3.63) is 11.8 Å². The van der Waals surface area contributed by atoms with Crippen LogP contribution in [-0.4, -0.2) is 28.8 Å². The first-order valence-electron chi connectivity index (χ1n) is 4.31. The average molecular weight is 201 g/mol. The van der Waals surface area contributed by atoms with E-state index in [4.69, 9.17) is 4.42 Å². The molecule has 0 radical (unpaired) electrons. The SMILES string of the molecule is CSCCCNCc1nnc(C)o1. The van der Waals surface area contributed by atoms with Crippen molar-refractivity contribution in [1.82, 2.24) is 15.5 Å². The van der Waals surface area contributed by atoms with Gasteiger partial charge in [-0.3, -0.25) is 0 Å². The Balaban J connectivity index is 2.06. The van der Waals surface area contributed by atoms with Gasteiger partial charge in [0.15, 0.2) is 0 Å². The van der Waals surface area contributed by atoms with Gasteiger partial charge in [-0.05, 0) is 25.0 Å². The summed E-state index contributed by atoms with van der Waals surface area (Å²) in [6, 6.07) is 0. The van der Waals surface area contributed by atoms with Crippen molar-refractivity contribution in [2.75, 3.05) is 18.6 Å². The molecule has 0 saturated heterocycles. The van der Waals surface area contributed by atoms with Crippen LogP contribution in [0.3, 0.4) is 0 Å². The topological polar surface area (TPSA) is 51.0 Å². The molecular formula is C8H15N3OS. The summed E-state index contributed by atoms with van der Waals surface area (Å²) in [4.78, 5) is 0. The smallest absolute Gasteiger partial charge is 0.230 e. The van der Waals surface area contributed by atoms with E-state index in [1.807, 2.05) is 11.8 Å². The van der Waals surface area contributed by atoms with Crippen LogP contribution in [0.2, 0.25) is 0 Å². The van der Waals surface area contributed by atoms with Gasteiger partial charge in [-0.1, -0.05) is 0 Å². The average Bonchev–Trinajstić information content (AvgIpc) is 2.51. The summed E-state index contributed by atoms with van der Waals surface area (Å²) >= 11 is 1.86. The van der Waals surface area contributed by atoms with Crippen LogP contribution in [0.15, 0.2) is 4.42 Å². The second-order valence-corrected chi connectivity index (χ2v) is 3.72. The fourth-order valence-electron chi connectivity index (χ4n) is 0.946. The zero-order valence-electron chi connectivity index (χ0n) is 8.04. The first-order valence-corrected chi connectivity index (χ1v) is 5.71. The lowest BCUT2D eigenvalue weighted by molar-refractivity contribution is 0.447. The number of nitrogens with zero attached hydrogens (tertiary/aromatic N) is 2. The van der Waals surface area contributed by atoms with Crippen molar-refractivity contribution in [2.45, 2.75) is 19.9 Å². The van der Waals surface area contributed by atoms with Crippen molar-refractivity contribution in [2.24, 2.45) is 0 Å². The molecule has 13 heavy (non-hydrogen) atoms. The van der Waals surface area contributed by atoms with Gasteiger partial charge in [0.25, 0.3) is 0 Å². The molecule has 0 aliphatic rings. The van der Waals surface area contributed by atoms with Gasteiger partial charge < -0.3 is 9.73 Å². The van der Waals surface area contributed by atoms with Gasteiger partial charge in [0.1, 0.15) is 0 Å². The van der Waals surface area contributed by atoms with Crippen LogP contribution in [-0.2, 0) is 6.54 Å². The van der Waals surface area contributed by atoms with Gasteiger partial charge in [-0.2, -0.15) is 11.8 Å². The molecule has 1 N–H and O–H groups in total. The molecule has 4 nitrogen and oxygen atoms in total. The molecule has 0 saturated carbocycles. The number of nitrogens with one attached hydrogen (secondary N) is 1. The maximum Gasteiger partial charge on any atom is 0.230 e. The van der Waals surface area contributed by atoms with E-state index in [9.17, 15) is 0 Å². The summed E-state index contributed by atoms with van der Waals surface area (Å²) in [5.74, 6) is 2.48. The maximum atomic E-state index is 5.20. The van der Waals surface area contributed by atoms with Crippen LogP contribution in [0, 0.1) is 6.92 Å². The molecule has 0 fully saturated rings. The Morgan fingerprint density at radius 3 is 2.92 bits per heavy atom. The lowest BCUT2D eigenvalue weighted by atomic mass is 10.5. The molecule has 1 aromatic heterocycles. The highest BCUT2D eigenvalue weighted by molar-refractivity contribution is 7.98. The van der Waals surface area contributed by atoms with Crippen LogP contribution in [0.5, 0.6) is 0 Å². The molecule has 0 aliphatic carbocycles. The summed E-state index contributed by atoms with van der Waals surface area (Å²) in [5, 5.41) is 10.9. The van der Waals surface area contributed by atoms with E-state index in [2.05, 4.69) is 21.8 Å². The van der Waals surface area contributed by atoms with Gasteiger partial charge in [0, 0.05) is 6.92 Å². The second-order valence-electron chi connectivity index (χ2n) is 2.74. The van der Waals surface area contributed by atoms with Gasteiger partial charge in [-0.25, -0.2) is 0 Å². The molecule has 0 aromatic carbocycles. The molecule has 1 rings (SSSR count). The van der Waals surface area contributed by atoms with Crippen LogP contribution >= 0.6 is 11.8 Å². The fourth-order valence-corrected chi connectivity index (χ4v) is 1.38. The normalized spacial score (nSPS) is 10.6. The molecule has 0 amide bonds. The first-order chi connectivity index (χ1) is 6.33. The summed E-state index contributed by atoms with van der Waals surface area (Å²) in [6.45, 7) is 3.47. The Hall–Kier alpha value is -0.550. The molecular weight excluding hydrogens is 186 g/mol. The van der Waals surface area contributed by atoms with E-state index in [1.54, 1.807) is 6.92 Å². The summed E-state index contributed by atoms with van der Waals surface area (Å²) < 4.78 is 5.20. The van der Waals surface area contributed by atoms with E-state index in [1.165, 1.54) is 12.2 Å². The van der Waals surface area contributed by atoms with E-state index < -0.39 is 0 Å². The molecule has 1 aromatic rings. The standard InChI is InChI=1S/C8H15N3OS/c1-7-10-11-8(12-7)6-9-4-3-5-13-2/h9H,3-6H2,1-2H3. The van der Waals surface area contributed by atoms with Crippen LogP contribution in [0.25, 0.3) is 0 Å². The van der Waals surface area contributed by atoms with Crippen LogP contribution in [0.1, 0.15) is 18.2 Å².